The van der Waals surface area contributed by atoms with Crippen LogP contribution in [0.2, 0.25) is 0 Å². The van der Waals surface area contributed by atoms with Crippen molar-refractivity contribution in [2.24, 2.45) is 5.92 Å². The molecule has 1 atom stereocenters. The van der Waals surface area contributed by atoms with Crippen LogP contribution >= 0.6 is 28.3 Å². The summed E-state index contributed by atoms with van der Waals surface area (Å²) in [6.45, 7) is 6.47. The quantitative estimate of drug-likeness (QED) is 0.812. The first-order valence-electron chi connectivity index (χ1n) is 6.35. The lowest BCUT2D eigenvalue weighted by molar-refractivity contribution is -0.119. The highest BCUT2D eigenvalue weighted by atomic mass is 79.9. The van der Waals surface area contributed by atoms with E-state index in [9.17, 15) is 4.79 Å². The maximum absolute atomic E-state index is 11.9. The van der Waals surface area contributed by atoms with Gasteiger partial charge in [-0.2, -0.15) is 0 Å². The van der Waals surface area contributed by atoms with Crippen LogP contribution < -0.4 is 15.4 Å². The van der Waals surface area contributed by atoms with Crippen LogP contribution in [-0.4, -0.2) is 25.6 Å². The Morgan fingerprint density at radius 2 is 1.95 bits per heavy atom. The normalized spacial score (nSPS) is 11.7. The molecule has 0 fully saturated rings. The van der Waals surface area contributed by atoms with Gasteiger partial charge in [-0.3, -0.25) is 4.79 Å². The van der Waals surface area contributed by atoms with Gasteiger partial charge < -0.3 is 15.4 Å². The first-order chi connectivity index (χ1) is 8.92. The van der Waals surface area contributed by atoms with Crippen molar-refractivity contribution in [2.75, 3.05) is 18.9 Å². The third kappa shape index (κ3) is 6.59. The number of amides is 1. The molecular weight excluding hydrogens is 344 g/mol. The molecule has 0 heterocycles. The standard InChI is InChI=1S/C14H21BrN2O2.ClH/c1-9(2)19-13-6-11(15)5-12(7-13)17-14(18)10(3)8-16-4;/h5-7,9-10,16H,8H2,1-4H3,(H,17,18);1H. The molecular formula is C14H22BrClN2O2. The molecule has 114 valence electrons. The lowest BCUT2D eigenvalue weighted by Gasteiger charge is -2.14. The molecule has 0 aliphatic carbocycles. The van der Waals surface area contributed by atoms with Gasteiger partial charge in [0, 0.05) is 28.7 Å². The van der Waals surface area contributed by atoms with E-state index in [2.05, 4.69) is 26.6 Å². The van der Waals surface area contributed by atoms with E-state index in [-0.39, 0.29) is 30.3 Å². The number of rotatable bonds is 6. The van der Waals surface area contributed by atoms with Crippen LogP contribution in [0.25, 0.3) is 0 Å². The average molecular weight is 366 g/mol. The smallest absolute Gasteiger partial charge is 0.228 e. The molecule has 1 rings (SSSR count). The minimum atomic E-state index is -0.0848. The van der Waals surface area contributed by atoms with Crippen molar-refractivity contribution < 1.29 is 9.53 Å². The van der Waals surface area contributed by atoms with Gasteiger partial charge in [0.25, 0.3) is 0 Å². The largest absolute Gasteiger partial charge is 0.491 e. The van der Waals surface area contributed by atoms with Crippen molar-refractivity contribution in [1.82, 2.24) is 5.32 Å². The third-order valence-corrected chi connectivity index (χ3v) is 2.93. The molecule has 6 heteroatoms. The van der Waals surface area contributed by atoms with Crippen molar-refractivity contribution in [3.63, 3.8) is 0 Å². The molecule has 0 spiro atoms. The minimum absolute atomic E-state index is 0. The second kappa shape index (κ2) is 9.21. The Morgan fingerprint density at radius 3 is 2.50 bits per heavy atom. The van der Waals surface area contributed by atoms with Crippen molar-refractivity contribution >= 4 is 39.9 Å². The summed E-state index contributed by atoms with van der Waals surface area (Å²) in [5.41, 5.74) is 0.734. The predicted octanol–water partition coefficient (Wildman–Crippen LogP) is 3.45. The summed E-state index contributed by atoms with van der Waals surface area (Å²) >= 11 is 3.42. The zero-order valence-electron chi connectivity index (χ0n) is 12.2. The lowest BCUT2D eigenvalue weighted by Crippen LogP contribution is -2.28. The molecule has 0 aliphatic heterocycles. The van der Waals surface area contributed by atoms with Gasteiger partial charge in [0.2, 0.25) is 5.91 Å². The number of hydrogen-bond acceptors (Lipinski definition) is 3. The highest BCUT2D eigenvalue weighted by molar-refractivity contribution is 9.10. The van der Waals surface area contributed by atoms with E-state index in [1.54, 1.807) is 0 Å². The summed E-state index contributed by atoms with van der Waals surface area (Å²) in [4.78, 5) is 11.9. The number of benzene rings is 1. The van der Waals surface area contributed by atoms with E-state index in [4.69, 9.17) is 4.74 Å². The second-order valence-electron chi connectivity index (χ2n) is 4.79. The maximum Gasteiger partial charge on any atom is 0.228 e. The molecule has 1 aromatic rings. The van der Waals surface area contributed by atoms with E-state index in [0.29, 0.717) is 6.54 Å². The third-order valence-electron chi connectivity index (χ3n) is 2.47. The molecule has 1 amide bonds. The van der Waals surface area contributed by atoms with E-state index in [1.807, 2.05) is 46.0 Å². The van der Waals surface area contributed by atoms with Gasteiger partial charge >= 0.3 is 0 Å². The van der Waals surface area contributed by atoms with Crippen LogP contribution in [0.5, 0.6) is 5.75 Å². The van der Waals surface area contributed by atoms with Crippen molar-refractivity contribution in [3.8, 4) is 5.75 Å². The van der Waals surface area contributed by atoms with Gasteiger partial charge in [-0.1, -0.05) is 22.9 Å². The van der Waals surface area contributed by atoms with Crippen LogP contribution in [0.4, 0.5) is 5.69 Å². The molecule has 4 nitrogen and oxygen atoms in total. The van der Waals surface area contributed by atoms with Gasteiger partial charge in [-0.05, 0) is 33.0 Å². The van der Waals surface area contributed by atoms with E-state index < -0.39 is 0 Å². The maximum atomic E-state index is 11.9. The second-order valence-corrected chi connectivity index (χ2v) is 5.71. The fraction of sp³-hybridized carbons (Fsp3) is 0.500. The lowest BCUT2D eigenvalue weighted by atomic mass is 10.1. The molecule has 0 radical (unpaired) electrons. The first-order valence-corrected chi connectivity index (χ1v) is 7.14. The SMILES string of the molecule is CNCC(C)C(=O)Nc1cc(Br)cc(OC(C)C)c1.Cl. The summed E-state index contributed by atoms with van der Waals surface area (Å²) < 4.78 is 6.51. The fourth-order valence-corrected chi connectivity index (χ4v) is 2.11. The zero-order valence-corrected chi connectivity index (χ0v) is 14.6. The zero-order chi connectivity index (χ0) is 14.4. The molecule has 1 aromatic carbocycles. The number of ether oxygens (including phenoxy) is 1. The summed E-state index contributed by atoms with van der Waals surface area (Å²) in [6.07, 6.45) is 0.0982. The monoisotopic (exact) mass is 364 g/mol. The summed E-state index contributed by atoms with van der Waals surface area (Å²) in [5.74, 6) is 0.641. The van der Waals surface area contributed by atoms with Crippen LogP contribution in [0, 0.1) is 5.92 Å². The Morgan fingerprint density at radius 1 is 1.30 bits per heavy atom. The van der Waals surface area contributed by atoms with Gasteiger partial charge in [0.1, 0.15) is 5.75 Å². The topological polar surface area (TPSA) is 50.4 Å². The molecule has 0 saturated carbocycles. The van der Waals surface area contributed by atoms with E-state index >= 15 is 0 Å². The Hall–Kier alpha value is -0.780. The summed E-state index contributed by atoms with van der Waals surface area (Å²) in [5, 5.41) is 5.88. The Bertz CT molecular complexity index is 441. The Balaban J connectivity index is 0.00000361. The molecule has 1 unspecified atom stereocenters. The molecule has 2 N–H and O–H groups in total. The summed E-state index contributed by atoms with van der Waals surface area (Å²) in [7, 11) is 1.83. The van der Waals surface area contributed by atoms with Crippen LogP contribution in [0.15, 0.2) is 22.7 Å². The van der Waals surface area contributed by atoms with Gasteiger partial charge in [-0.15, -0.1) is 12.4 Å². The molecule has 20 heavy (non-hydrogen) atoms. The van der Waals surface area contributed by atoms with Crippen molar-refractivity contribution in [2.45, 2.75) is 26.9 Å². The summed E-state index contributed by atoms with van der Waals surface area (Å²) in [6, 6.07) is 5.57. The van der Waals surface area contributed by atoms with Crippen molar-refractivity contribution in [3.05, 3.63) is 22.7 Å². The first kappa shape index (κ1) is 19.2. The number of halogens is 2. The van der Waals surface area contributed by atoms with Crippen LogP contribution in [-0.2, 0) is 4.79 Å². The number of hydrogen-bond donors (Lipinski definition) is 2. The predicted molar refractivity (Wildman–Crippen MR) is 88.9 cm³/mol. The number of anilines is 1. The molecule has 0 bridgehead atoms. The number of carbonyl (C=O) groups is 1. The molecule has 0 aliphatic rings. The van der Waals surface area contributed by atoms with Crippen LogP contribution in [0.1, 0.15) is 20.8 Å². The Kier molecular flexibility index (Phi) is 8.85. The highest BCUT2D eigenvalue weighted by Gasteiger charge is 2.12. The van der Waals surface area contributed by atoms with E-state index in [0.717, 1.165) is 15.9 Å². The fourth-order valence-electron chi connectivity index (χ4n) is 1.64. The average Bonchev–Trinajstić information content (AvgIpc) is 2.27. The van der Waals surface area contributed by atoms with Gasteiger partial charge in [0.05, 0.1) is 6.10 Å². The van der Waals surface area contributed by atoms with Crippen molar-refractivity contribution in [1.29, 1.82) is 0 Å². The minimum Gasteiger partial charge on any atom is -0.491 e. The number of carbonyl (C=O) groups excluding carboxylic acids is 1. The molecule has 0 aromatic heterocycles. The van der Waals surface area contributed by atoms with Crippen LogP contribution in [0.3, 0.4) is 0 Å². The number of nitrogens with one attached hydrogen (secondary N) is 2. The Labute approximate surface area is 135 Å². The van der Waals surface area contributed by atoms with Gasteiger partial charge in [0.15, 0.2) is 0 Å². The highest BCUT2D eigenvalue weighted by Crippen LogP contribution is 2.25. The van der Waals surface area contributed by atoms with Gasteiger partial charge in [-0.25, -0.2) is 0 Å². The molecule has 0 saturated heterocycles. The van der Waals surface area contributed by atoms with E-state index in [1.165, 1.54) is 0 Å².